The van der Waals surface area contributed by atoms with Crippen molar-refractivity contribution < 1.29 is 22.4 Å². The third-order valence-corrected chi connectivity index (χ3v) is 4.15. The lowest BCUT2D eigenvalue weighted by molar-refractivity contribution is 0.0929. The number of benzene rings is 2. The monoisotopic (exact) mass is 334 g/mol. The highest BCUT2D eigenvalue weighted by atomic mass is 19.2. The van der Waals surface area contributed by atoms with Crippen molar-refractivity contribution in [1.82, 2.24) is 9.88 Å². The lowest BCUT2D eigenvalue weighted by Crippen LogP contribution is -2.34. The summed E-state index contributed by atoms with van der Waals surface area (Å²) in [6.45, 7) is 0.706. The maximum Gasteiger partial charge on any atom is 0.268 e. The molecule has 0 spiro atoms. The number of fused-ring (bicyclic) bond motifs is 3. The lowest BCUT2D eigenvalue weighted by Gasteiger charge is -2.18. The molecule has 3 aromatic rings. The molecule has 1 aliphatic rings. The van der Waals surface area contributed by atoms with E-state index in [1.54, 1.807) is 4.57 Å². The molecule has 0 radical (unpaired) electrons. The summed E-state index contributed by atoms with van der Waals surface area (Å²) in [6.07, 6.45) is 0. The van der Waals surface area contributed by atoms with Crippen LogP contribution in [-0.4, -0.2) is 17.0 Å². The van der Waals surface area contributed by atoms with Gasteiger partial charge in [-0.3, -0.25) is 4.79 Å². The number of carbonyl (C=O) groups is 1. The normalized spacial score (nSPS) is 13.9. The van der Waals surface area contributed by atoms with E-state index in [4.69, 9.17) is 0 Å². The van der Waals surface area contributed by atoms with Crippen LogP contribution in [0.15, 0.2) is 30.3 Å². The molecule has 7 heteroatoms. The van der Waals surface area contributed by atoms with E-state index in [1.165, 1.54) is 12.1 Å². The number of nitrogens with one attached hydrogen (secondary N) is 1. The third kappa shape index (κ3) is 2.01. The standard InChI is InChI=1S/C17H10F4N2O/c18-11-2-1-8(5-12(11)19)9-6-13(20)15(21)10-7-14-17(24)22-3-4-23(14)16(9)10/h1-2,5-7H,3-4H2,(H,22,24). The number of amides is 1. The smallest absolute Gasteiger partial charge is 0.268 e. The van der Waals surface area contributed by atoms with Crippen LogP contribution in [0, 0.1) is 23.3 Å². The van der Waals surface area contributed by atoms with Gasteiger partial charge in [-0.25, -0.2) is 17.6 Å². The van der Waals surface area contributed by atoms with E-state index >= 15 is 0 Å². The topological polar surface area (TPSA) is 34.0 Å². The average Bonchev–Trinajstić information content (AvgIpc) is 2.95. The Labute approximate surface area is 133 Å². The molecule has 0 saturated heterocycles. The minimum absolute atomic E-state index is 0.0678. The molecular weight excluding hydrogens is 324 g/mol. The summed E-state index contributed by atoms with van der Waals surface area (Å²) in [4.78, 5) is 11.9. The quantitative estimate of drug-likeness (QED) is 0.678. The second-order valence-corrected chi connectivity index (χ2v) is 5.55. The molecule has 0 bridgehead atoms. The second-order valence-electron chi connectivity index (χ2n) is 5.55. The van der Waals surface area contributed by atoms with Crippen LogP contribution in [0.2, 0.25) is 0 Å². The summed E-state index contributed by atoms with van der Waals surface area (Å²) in [5, 5.41) is 2.56. The van der Waals surface area contributed by atoms with E-state index in [9.17, 15) is 22.4 Å². The first-order valence-electron chi connectivity index (χ1n) is 7.22. The number of hydrogen-bond acceptors (Lipinski definition) is 1. The van der Waals surface area contributed by atoms with Crippen LogP contribution in [-0.2, 0) is 6.54 Å². The number of nitrogens with zero attached hydrogens (tertiary/aromatic N) is 1. The van der Waals surface area contributed by atoms with Crippen LogP contribution in [0.25, 0.3) is 22.0 Å². The Morgan fingerprint density at radius 3 is 2.50 bits per heavy atom. The molecule has 0 aliphatic carbocycles. The van der Waals surface area contributed by atoms with Crippen LogP contribution in [0.3, 0.4) is 0 Å². The van der Waals surface area contributed by atoms with Gasteiger partial charge in [0.25, 0.3) is 5.91 Å². The Balaban J connectivity index is 2.10. The SMILES string of the molecule is O=C1NCCn2c1cc1c(F)c(F)cc(-c3ccc(F)c(F)c3)c12. The van der Waals surface area contributed by atoms with E-state index in [0.29, 0.717) is 13.1 Å². The van der Waals surface area contributed by atoms with Crippen LogP contribution >= 0.6 is 0 Å². The zero-order valence-electron chi connectivity index (χ0n) is 12.2. The van der Waals surface area contributed by atoms with Gasteiger partial charge in [-0.15, -0.1) is 0 Å². The summed E-state index contributed by atoms with van der Waals surface area (Å²) >= 11 is 0. The molecule has 4 rings (SSSR count). The number of aromatic nitrogens is 1. The first kappa shape index (κ1) is 14.7. The van der Waals surface area contributed by atoms with E-state index < -0.39 is 29.2 Å². The van der Waals surface area contributed by atoms with Crippen molar-refractivity contribution in [2.45, 2.75) is 6.54 Å². The zero-order valence-corrected chi connectivity index (χ0v) is 12.2. The predicted octanol–water partition coefficient (Wildman–Crippen LogP) is 3.61. The molecule has 1 aromatic heterocycles. The van der Waals surface area contributed by atoms with Gasteiger partial charge in [-0.1, -0.05) is 6.07 Å². The summed E-state index contributed by atoms with van der Waals surface area (Å²) in [6, 6.07) is 5.33. The Kier molecular flexibility index (Phi) is 3.13. The molecule has 2 aromatic carbocycles. The lowest BCUT2D eigenvalue weighted by atomic mass is 10.0. The van der Waals surface area contributed by atoms with Crippen LogP contribution in [0.5, 0.6) is 0 Å². The van der Waals surface area contributed by atoms with Gasteiger partial charge < -0.3 is 9.88 Å². The van der Waals surface area contributed by atoms with Crippen molar-refractivity contribution >= 4 is 16.8 Å². The van der Waals surface area contributed by atoms with E-state index in [0.717, 1.165) is 18.2 Å². The Hall–Kier alpha value is -2.83. The van der Waals surface area contributed by atoms with Crippen molar-refractivity contribution in [1.29, 1.82) is 0 Å². The summed E-state index contributed by atoms with van der Waals surface area (Å²) < 4.78 is 56.5. The fourth-order valence-corrected chi connectivity index (χ4v) is 3.07. The van der Waals surface area contributed by atoms with Crippen molar-refractivity contribution in [3.8, 4) is 11.1 Å². The number of halogens is 4. The molecule has 0 fully saturated rings. The Morgan fingerprint density at radius 1 is 0.958 bits per heavy atom. The first-order chi connectivity index (χ1) is 11.5. The van der Waals surface area contributed by atoms with E-state index in [2.05, 4.69) is 5.32 Å². The maximum atomic E-state index is 14.2. The molecule has 1 N–H and O–H groups in total. The average molecular weight is 334 g/mol. The highest BCUT2D eigenvalue weighted by molar-refractivity contribution is 6.04. The highest BCUT2D eigenvalue weighted by Crippen LogP contribution is 2.35. The fourth-order valence-electron chi connectivity index (χ4n) is 3.07. The summed E-state index contributed by atoms with van der Waals surface area (Å²) in [5.41, 5.74) is 0.878. The summed E-state index contributed by atoms with van der Waals surface area (Å²) in [5.74, 6) is -4.71. The van der Waals surface area contributed by atoms with Crippen LogP contribution in [0.1, 0.15) is 10.5 Å². The van der Waals surface area contributed by atoms with Gasteiger partial charge in [0.2, 0.25) is 0 Å². The zero-order chi connectivity index (χ0) is 17.0. The van der Waals surface area contributed by atoms with Gasteiger partial charge in [0.15, 0.2) is 23.3 Å². The number of rotatable bonds is 1. The first-order valence-corrected chi connectivity index (χ1v) is 7.22. The molecular formula is C17H10F4N2O. The van der Waals surface area contributed by atoms with Gasteiger partial charge >= 0.3 is 0 Å². The minimum atomic E-state index is -1.12. The Bertz CT molecular complexity index is 1010. The van der Waals surface area contributed by atoms with Gasteiger partial charge in [0.1, 0.15) is 5.69 Å². The molecule has 24 heavy (non-hydrogen) atoms. The number of hydrogen-bond donors (Lipinski definition) is 1. The molecule has 0 atom stereocenters. The number of carbonyl (C=O) groups excluding carboxylic acids is 1. The van der Waals surface area contributed by atoms with Crippen molar-refractivity contribution in [3.05, 3.63) is 59.3 Å². The molecule has 0 unspecified atom stereocenters. The largest absolute Gasteiger partial charge is 0.349 e. The van der Waals surface area contributed by atoms with Crippen molar-refractivity contribution in [3.63, 3.8) is 0 Å². The van der Waals surface area contributed by atoms with Crippen molar-refractivity contribution in [2.24, 2.45) is 0 Å². The minimum Gasteiger partial charge on any atom is -0.349 e. The van der Waals surface area contributed by atoms with Crippen LogP contribution in [0.4, 0.5) is 17.6 Å². The predicted molar refractivity (Wildman–Crippen MR) is 79.5 cm³/mol. The molecule has 2 heterocycles. The van der Waals surface area contributed by atoms with Crippen molar-refractivity contribution in [2.75, 3.05) is 6.54 Å². The fraction of sp³-hybridized carbons (Fsp3) is 0.118. The molecule has 1 aliphatic heterocycles. The second kappa shape index (κ2) is 5.09. The Morgan fingerprint density at radius 2 is 1.75 bits per heavy atom. The molecule has 122 valence electrons. The van der Waals surface area contributed by atoms with Crippen LogP contribution < -0.4 is 5.32 Å². The summed E-state index contributed by atoms with van der Waals surface area (Å²) in [7, 11) is 0. The van der Waals surface area contributed by atoms with E-state index in [1.807, 2.05) is 0 Å². The molecule has 3 nitrogen and oxygen atoms in total. The van der Waals surface area contributed by atoms with Gasteiger partial charge in [-0.2, -0.15) is 0 Å². The van der Waals surface area contributed by atoms with Gasteiger partial charge in [0.05, 0.1) is 5.52 Å². The van der Waals surface area contributed by atoms with Gasteiger partial charge in [0, 0.05) is 24.0 Å². The van der Waals surface area contributed by atoms with Gasteiger partial charge in [-0.05, 0) is 29.8 Å². The molecule has 1 amide bonds. The highest BCUT2D eigenvalue weighted by Gasteiger charge is 2.25. The van der Waals surface area contributed by atoms with E-state index in [-0.39, 0.29) is 27.7 Å². The maximum absolute atomic E-state index is 14.2. The third-order valence-electron chi connectivity index (χ3n) is 4.15. The molecule has 0 saturated carbocycles.